The summed E-state index contributed by atoms with van der Waals surface area (Å²) in [4.78, 5) is 10.9. The van der Waals surface area contributed by atoms with Crippen molar-refractivity contribution in [3.63, 3.8) is 0 Å². The van der Waals surface area contributed by atoms with E-state index in [0.29, 0.717) is 0 Å². The Hall–Kier alpha value is -0.700. The van der Waals surface area contributed by atoms with Crippen molar-refractivity contribution < 1.29 is 9.90 Å². The molecule has 0 spiro atoms. The predicted octanol–water partition coefficient (Wildman–Crippen LogP) is 2.43. The number of carbonyl (C=O) groups is 1. The van der Waals surface area contributed by atoms with Gasteiger partial charge in [-0.25, -0.2) is 0 Å². The molecule has 1 aliphatic heterocycles. The van der Waals surface area contributed by atoms with Crippen molar-refractivity contribution in [1.82, 2.24) is 0 Å². The number of aliphatic hydroxyl groups excluding tert-OH is 1. The minimum absolute atomic E-state index is 0.0734. The van der Waals surface area contributed by atoms with Crippen molar-refractivity contribution in [2.75, 3.05) is 0 Å². The summed E-state index contributed by atoms with van der Waals surface area (Å²) in [6, 6.07) is 0. The average molecular weight is 184 g/mol. The number of allylic oxidation sites excluding steroid dienone is 1. The van der Waals surface area contributed by atoms with Gasteiger partial charge in [0, 0.05) is 6.08 Å². The summed E-state index contributed by atoms with van der Waals surface area (Å²) in [6.45, 7) is 3.85. The fourth-order valence-corrected chi connectivity index (χ4v) is 1.92. The molecule has 0 radical (unpaired) electrons. The number of hydrogen-bond donors (Lipinski definition) is 1. The highest BCUT2D eigenvalue weighted by molar-refractivity contribution is 8.15. The van der Waals surface area contributed by atoms with Crippen molar-refractivity contribution >= 4 is 16.9 Å². The lowest BCUT2D eigenvalue weighted by atomic mass is 10.1. The summed E-state index contributed by atoms with van der Waals surface area (Å²) in [5.74, 6) is 0.155. The zero-order valence-corrected chi connectivity index (χ0v) is 8.02. The first-order valence-electron chi connectivity index (χ1n) is 3.90. The molecule has 0 aromatic rings. The zero-order valence-electron chi connectivity index (χ0n) is 7.20. The van der Waals surface area contributed by atoms with Gasteiger partial charge in [0.2, 0.25) is 5.12 Å². The van der Waals surface area contributed by atoms with E-state index >= 15 is 0 Å². The molecule has 1 atom stereocenters. The summed E-state index contributed by atoms with van der Waals surface area (Å²) in [5.41, 5.74) is 0. The van der Waals surface area contributed by atoms with Crippen molar-refractivity contribution in [2.45, 2.75) is 25.0 Å². The molecule has 1 heterocycles. The summed E-state index contributed by atoms with van der Waals surface area (Å²) in [7, 11) is 0. The first kappa shape index (κ1) is 9.39. The van der Waals surface area contributed by atoms with Crippen molar-refractivity contribution in [3.8, 4) is 0 Å². The van der Waals surface area contributed by atoms with Crippen LogP contribution in [0.15, 0.2) is 24.0 Å². The van der Waals surface area contributed by atoms with Gasteiger partial charge in [0.15, 0.2) is 0 Å². The summed E-state index contributed by atoms with van der Waals surface area (Å²) < 4.78 is -0.521. The van der Waals surface area contributed by atoms with Crippen LogP contribution in [-0.4, -0.2) is 15.0 Å². The monoisotopic (exact) mass is 184 g/mol. The van der Waals surface area contributed by atoms with Crippen LogP contribution in [0.1, 0.15) is 20.3 Å². The van der Waals surface area contributed by atoms with E-state index in [1.807, 2.05) is 26.0 Å². The largest absolute Gasteiger partial charge is 0.510 e. The van der Waals surface area contributed by atoms with Gasteiger partial charge in [0.25, 0.3) is 0 Å². The molecule has 66 valence electrons. The molecule has 3 heteroatoms. The van der Waals surface area contributed by atoms with Crippen LogP contribution < -0.4 is 0 Å². The molecule has 2 nitrogen and oxygen atoms in total. The second kappa shape index (κ2) is 3.35. The molecule has 0 bridgehead atoms. The van der Waals surface area contributed by atoms with E-state index in [4.69, 9.17) is 0 Å². The Morgan fingerprint density at radius 1 is 1.75 bits per heavy atom. The highest BCUT2D eigenvalue weighted by atomic mass is 32.2. The first-order valence-corrected chi connectivity index (χ1v) is 4.72. The van der Waals surface area contributed by atoms with Gasteiger partial charge in [-0.2, -0.15) is 0 Å². The Kier molecular flexibility index (Phi) is 2.62. The summed E-state index contributed by atoms with van der Waals surface area (Å²) in [6.07, 6.45) is 6.02. The number of rotatable bonds is 2. The Labute approximate surface area is 76.4 Å². The molecule has 0 saturated heterocycles. The van der Waals surface area contributed by atoms with Crippen LogP contribution >= 0.6 is 11.8 Å². The van der Waals surface area contributed by atoms with Gasteiger partial charge in [-0.05, 0) is 13.3 Å². The molecule has 0 aromatic carbocycles. The Morgan fingerprint density at radius 2 is 2.42 bits per heavy atom. The van der Waals surface area contributed by atoms with E-state index in [1.54, 1.807) is 0 Å². The second-order valence-corrected chi connectivity index (χ2v) is 4.32. The third-order valence-electron chi connectivity index (χ3n) is 1.75. The van der Waals surface area contributed by atoms with Crippen molar-refractivity contribution in [1.29, 1.82) is 0 Å². The fraction of sp³-hybridized carbons (Fsp3) is 0.444. The highest BCUT2D eigenvalue weighted by Gasteiger charge is 2.35. The van der Waals surface area contributed by atoms with E-state index in [0.717, 1.165) is 18.2 Å². The van der Waals surface area contributed by atoms with Crippen LogP contribution in [0.25, 0.3) is 0 Å². The minimum Gasteiger partial charge on any atom is -0.510 e. The molecule has 0 unspecified atom stereocenters. The van der Waals surface area contributed by atoms with E-state index < -0.39 is 4.75 Å². The molecular weight excluding hydrogens is 172 g/mol. The van der Waals surface area contributed by atoms with Gasteiger partial charge >= 0.3 is 0 Å². The zero-order chi connectivity index (χ0) is 9.19. The van der Waals surface area contributed by atoms with Crippen LogP contribution in [0.3, 0.4) is 0 Å². The number of thioether (sulfide) groups is 1. The molecule has 12 heavy (non-hydrogen) atoms. The van der Waals surface area contributed by atoms with E-state index in [1.165, 1.54) is 6.08 Å². The van der Waals surface area contributed by atoms with Crippen LogP contribution in [0.5, 0.6) is 0 Å². The smallest absolute Gasteiger partial charge is 0.216 e. The normalized spacial score (nSPS) is 29.8. The van der Waals surface area contributed by atoms with Crippen LogP contribution in [0.4, 0.5) is 0 Å². The SMILES string of the molecule is CC/C=C/[C@]1(C)SC(=O)C=C1O. The maximum Gasteiger partial charge on any atom is 0.216 e. The molecule has 0 fully saturated rings. The lowest BCUT2D eigenvalue weighted by molar-refractivity contribution is -0.106. The molecular formula is C9H12O2S. The minimum atomic E-state index is -0.521. The molecule has 0 amide bonds. The van der Waals surface area contributed by atoms with Crippen LogP contribution in [-0.2, 0) is 4.79 Å². The van der Waals surface area contributed by atoms with E-state index in [2.05, 4.69) is 0 Å². The van der Waals surface area contributed by atoms with Gasteiger partial charge in [-0.1, -0.05) is 30.8 Å². The number of aliphatic hydroxyl groups is 1. The number of carbonyl (C=O) groups excluding carboxylic acids is 1. The summed E-state index contributed by atoms with van der Waals surface area (Å²) in [5, 5.41) is 9.34. The molecule has 1 N–H and O–H groups in total. The Bertz CT molecular complexity index is 255. The maximum absolute atomic E-state index is 10.9. The fourth-order valence-electron chi connectivity index (χ4n) is 1.01. The van der Waals surface area contributed by atoms with Gasteiger partial charge in [0.05, 0.1) is 4.75 Å². The molecule has 0 aliphatic carbocycles. The van der Waals surface area contributed by atoms with Gasteiger partial charge in [-0.15, -0.1) is 0 Å². The number of hydrogen-bond acceptors (Lipinski definition) is 3. The average Bonchev–Trinajstić information content (AvgIpc) is 2.23. The topological polar surface area (TPSA) is 37.3 Å². The maximum atomic E-state index is 10.9. The Morgan fingerprint density at radius 3 is 2.83 bits per heavy atom. The van der Waals surface area contributed by atoms with Crippen LogP contribution in [0, 0.1) is 0 Å². The van der Waals surface area contributed by atoms with Gasteiger partial charge < -0.3 is 5.11 Å². The third-order valence-corrected chi connectivity index (χ3v) is 2.84. The van der Waals surface area contributed by atoms with Crippen molar-refractivity contribution in [2.24, 2.45) is 0 Å². The van der Waals surface area contributed by atoms with Crippen LogP contribution in [0.2, 0.25) is 0 Å². The lowest BCUT2D eigenvalue weighted by Crippen LogP contribution is -2.16. The summed E-state index contributed by atoms with van der Waals surface area (Å²) >= 11 is 1.15. The van der Waals surface area contributed by atoms with E-state index in [-0.39, 0.29) is 10.9 Å². The second-order valence-electron chi connectivity index (χ2n) is 2.87. The standard InChI is InChI=1S/C9H12O2S/c1-3-4-5-9(2)7(10)6-8(11)12-9/h4-6,10H,3H2,1-2H3/b5-4+/t9-/m0/s1. The first-order chi connectivity index (χ1) is 5.58. The Balaban J connectivity index is 2.81. The third kappa shape index (κ3) is 1.72. The van der Waals surface area contributed by atoms with Gasteiger partial charge in [-0.3, -0.25) is 4.79 Å². The predicted molar refractivity (Wildman–Crippen MR) is 51.1 cm³/mol. The molecule has 0 aromatic heterocycles. The van der Waals surface area contributed by atoms with E-state index in [9.17, 15) is 9.90 Å². The lowest BCUT2D eigenvalue weighted by Gasteiger charge is -2.16. The molecule has 0 saturated carbocycles. The molecule has 1 rings (SSSR count). The van der Waals surface area contributed by atoms with Crippen molar-refractivity contribution in [3.05, 3.63) is 24.0 Å². The highest BCUT2D eigenvalue weighted by Crippen LogP contribution is 2.39. The van der Waals surface area contributed by atoms with Gasteiger partial charge in [0.1, 0.15) is 5.76 Å². The quantitative estimate of drug-likeness (QED) is 0.670. The molecule has 1 aliphatic rings.